The average molecular weight is 408 g/mol. The Morgan fingerprint density at radius 2 is 1.87 bits per heavy atom. The van der Waals surface area contributed by atoms with Crippen LogP contribution in [0.4, 0.5) is 0 Å². The molecule has 0 saturated carbocycles. The van der Waals surface area contributed by atoms with Crippen molar-refractivity contribution in [3.63, 3.8) is 0 Å². The van der Waals surface area contributed by atoms with Crippen LogP contribution in [0.15, 0.2) is 52.7 Å². The summed E-state index contributed by atoms with van der Waals surface area (Å²) in [6.45, 7) is 0.794. The van der Waals surface area contributed by atoms with E-state index in [-0.39, 0.29) is 23.6 Å². The van der Waals surface area contributed by atoms with Crippen LogP contribution in [0.1, 0.15) is 0 Å². The van der Waals surface area contributed by atoms with Crippen molar-refractivity contribution in [2.24, 2.45) is 14.1 Å². The maximum Gasteiger partial charge on any atom is 0.332 e. The summed E-state index contributed by atoms with van der Waals surface area (Å²) in [6.07, 6.45) is 6.65. The van der Waals surface area contributed by atoms with Crippen molar-refractivity contribution in [1.82, 2.24) is 38.8 Å². The third kappa shape index (κ3) is 3.52. The molecule has 0 spiro atoms. The van der Waals surface area contributed by atoms with E-state index in [4.69, 9.17) is 0 Å². The van der Waals surface area contributed by atoms with Crippen molar-refractivity contribution < 1.29 is 4.79 Å². The lowest BCUT2D eigenvalue weighted by atomic mass is 10.2. The fourth-order valence-electron chi connectivity index (χ4n) is 3.20. The summed E-state index contributed by atoms with van der Waals surface area (Å²) in [5.74, 6) is -0.272. The van der Waals surface area contributed by atoms with Gasteiger partial charge in [-0.1, -0.05) is 0 Å². The number of hydrogen-bond acceptors (Lipinski definition) is 6. The summed E-state index contributed by atoms with van der Waals surface area (Å²) >= 11 is 0. The molecule has 1 N–H and O–H groups in total. The van der Waals surface area contributed by atoms with Crippen LogP contribution in [0, 0.1) is 0 Å². The summed E-state index contributed by atoms with van der Waals surface area (Å²) in [4.78, 5) is 44.9. The van der Waals surface area contributed by atoms with Gasteiger partial charge in [-0.2, -0.15) is 5.10 Å². The molecule has 0 saturated heterocycles. The van der Waals surface area contributed by atoms with Crippen molar-refractivity contribution in [1.29, 1.82) is 0 Å². The minimum absolute atomic E-state index is 0.0781. The number of aromatic nitrogens is 7. The average Bonchev–Trinajstić information content (AvgIpc) is 3.39. The Kier molecular flexibility index (Phi) is 5.00. The normalized spacial score (nSPS) is 11.1. The summed E-state index contributed by atoms with van der Waals surface area (Å²) in [5.41, 5.74) is 1.30. The Labute approximate surface area is 170 Å². The molecule has 11 heteroatoms. The van der Waals surface area contributed by atoms with Crippen LogP contribution in [-0.4, -0.2) is 45.9 Å². The molecular weight excluding hydrogens is 388 g/mol. The number of nitrogens with one attached hydrogen (secondary N) is 1. The summed E-state index contributed by atoms with van der Waals surface area (Å²) < 4.78 is 5.47. The molecule has 0 fully saturated rings. The van der Waals surface area contributed by atoms with Crippen molar-refractivity contribution in [2.45, 2.75) is 13.1 Å². The van der Waals surface area contributed by atoms with Crippen molar-refractivity contribution in [3.8, 4) is 11.3 Å². The van der Waals surface area contributed by atoms with Gasteiger partial charge in [0.1, 0.15) is 6.54 Å². The number of hydrogen-bond donors (Lipinski definition) is 1. The zero-order chi connectivity index (χ0) is 21.3. The van der Waals surface area contributed by atoms with Gasteiger partial charge in [-0.3, -0.25) is 28.4 Å². The lowest BCUT2D eigenvalue weighted by Gasteiger charge is -2.08. The number of carbonyl (C=O) groups excluding carboxylic acids is 1. The number of pyridine rings is 1. The molecule has 30 heavy (non-hydrogen) atoms. The number of rotatable bonds is 6. The standard InChI is InChI=1S/C19H20N8O3/c1-24-17-16(18(29)25(2)19(24)30)26(12-22-17)11-15(28)21-8-10-27-9-5-14(23-27)13-3-6-20-7-4-13/h3-7,9,12H,8,10-11H2,1-2H3,(H,21,28). The van der Waals surface area contributed by atoms with E-state index in [0.717, 1.165) is 15.8 Å². The molecule has 0 aliphatic heterocycles. The molecule has 4 aromatic heterocycles. The van der Waals surface area contributed by atoms with Gasteiger partial charge in [-0.25, -0.2) is 9.78 Å². The Bertz CT molecular complexity index is 1330. The minimum atomic E-state index is -0.487. The molecule has 4 heterocycles. The molecule has 0 aliphatic rings. The van der Waals surface area contributed by atoms with Gasteiger partial charge >= 0.3 is 5.69 Å². The van der Waals surface area contributed by atoms with E-state index in [1.165, 1.54) is 29.6 Å². The van der Waals surface area contributed by atoms with Crippen LogP contribution in [0.2, 0.25) is 0 Å². The van der Waals surface area contributed by atoms with Gasteiger partial charge in [0.15, 0.2) is 11.2 Å². The molecule has 0 atom stereocenters. The van der Waals surface area contributed by atoms with Crippen molar-refractivity contribution in [2.75, 3.05) is 6.54 Å². The van der Waals surface area contributed by atoms with E-state index in [1.807, 2.05) is 24.4 Å². The van der Waals surface area contributed by atoms with Gasteiger partial charge in [0.05, 0.1) is 18.6 Å². The molecule has 0 bridgehead atoms. The highest BCUT2D eigenvalue weighted by Gasteiger charge is 2.15. The second-order valence-corrected chi connectivity index (χ2v) is 6.80. The number of carbonyl (C=O) groups is 1. The Morgan fingerprint density at radius 1 is 1.10 bits per heavy atom. The topological polar surface area (TPSA) is 122 Å². The molecule has 4 aromatic rings. The number of aryl methyl sites for hydroxylation is 1. The molecule has 4 rings (SSSR count). The molecule has 0 aromatic carbocycles. The van der Waals surface area contributed by atoms with Crippen molar-refractivity contribution in [3.05, 3.63) is 64.0 Å². The first kappa shape index (κ1) is 19.3. The number of imidazole rings is 1. The summed E-state index contributed by atoms with van der Waals surface area (Å²) in [7, 11) is 2.93. The zero-order valence-corrected chi connectivity index (χ0v) is 16.5. The number of nitrogens with zero attached hydrogens (tertiary/aromatic N) is 7. The molecule has 11 nitrogen and oxygen atoms in total. The fourth-order valence-corrected chi connectivity index (χ4v) is 3.20. The highest BCUT2D eigenvalue weighted by atomic mass is 16.2. The number of amides is 1. The van der Waals surface area contributed by atoms with Gasteiger partial charge in [-0.05, 0) is 18.2 Å². The predicted octanol–water partition coefficient (Wildman–Crippen LogP) is -0.491. The van der Waals surface area contributed by atoms with Gasteiger partial charge in [0.25, 0.3) is 5.56 Å². The maximum atomic E-state index is 12.4. The van der Waals surface area contributed by atoms with Crippen LogP contribution in [-0.2, 0) is 32.0 Å². The van der Waals surface area contributed by atoms with Crippen molar-refractivity contribution >= 4 is 17.1 Å². The van der Waals surface area contributed by atoms with Gasteiger partial charge < -0.3 is 9.88 Å². The van der Waals surface area contributed by atoms with E-state index in [9.17, 15) is 14.4 Å². The lowest BCUT2D eigenvalue weighted by Crippen LogP contribution is -2.38. The third-order valence-electron chi connectivity index (χ3n) is 4.81. The van der Waals surface area contributed by atoms with Gasteiger partial charge in [0, 0.05) is 44.8 Å². The highest BCUT2D eigenvalue weighted by Crippen LogP contribution is 2.14. The van der Waals surface area contributed by atoms with E-state index >= 15 is 0 Å². The molecule has 0 radical (unpaired) electrons. The zero-order valence-electron chi connectivity index (χ0n) is 16.5. The van der Waals surface area contributed by atoms with Crippen LogP contribution in [0.5, 0.6) is 0 Å². The third-order valence-corrected chi connectivity index (χ3v) is 4.81. The summed E-state index contributed by atoms with van der Waals surface area (Å²) in [5, 5.41) is 7.29. The fraction of sp³-hybridized carbons (Fsp3) is 0.263. The van der Waals surface area contributed by atoms with E-state index in [2.05, 4.69) is 20.4 Å². The number of fused-ring (bicyclic) bond motifs is 1. The second kappa shape index (κ2) is 7.78. The minimum Gasteiger partial charge on any atom is -0.353 e. The van der Waals surface area contributed by atoms with E-state index < -0.39 is 11.2 Å². The van der Waals surface area contributed by atoms with Crippen LogP contribution in [0.25, 0.3) is 22.4 Å². The van der Waals surface area contributed by atoms with Crippen LogP contribution >= 0.6 is 0 Å². The largest absolute Gasteiger partial charge is 0.353 e. The maximum absolute atomic E-state index is 12.4. The first-order valence-corrected chi connectivity index (χ1v) is 9.27. The first-order valence-electron chi connectivity index (χ1n) is 9.27. The molecule has 0 unspecified atom stereocenters. The second-order valence-electron chi connectivity index (χ2n) is 6.80. The quantitative estimate of drug-likeness (QED) is 0.459. The monoisotopic (exact) mass is 408 g/mol. The molecule has 1 amide bonds. The lowest BCUT2D eigenvalue weighted by molar-refractivity contribution is -0.121. The Morgan fingerprint density at radius 3 is 2.63 bits per heavy atom. The smallest absolute Gasteiger partial charge is 0.332 e. The highest BCUT2D eigenvalue weighted by molar-refractivity contribution is 5.78. The van der Waals surface area contributed by atoms with E-state index in [0.29, 0.717) is 13.1 Å². The Hall–Kier alpha value is -4.02. The van der Waals surface area contributed by atoms with Gasteiger partial charge in [0.2, 0.25) is 5.91 Å². The predicted molar refractivity (Wildman–Crippen MR) is 109 cm³/mol. The Balaban J connectivity index is 1.40. The summed E-state index contributed by atoms with van der Waals surface area (Å²) in [6, 6.07) is 5.66. The SMILES string of the molecule is Cn1c(=O)c2c(ncn2CC(=O)NCCn2ccc(-c3ccncc3)n2)n(C)c1=O. The van der Waals surface area contributed by atoms with Crippen LogP contribution < -0.4 is 16.6 Å². The first-order chi connectivity index (χ1) is 14.5. The molecular formula is C19H20N8O3. The molecule has 0 aliphatic carbocycles. The van der Waals surface area contributed by atoms with Gasteiger partial charge in [-0.15, -0.1) is 0 Å². The van der Waals surface area contributed by atoms with Crippen LogP contribution in [0.3, 0.4) is 0 Å². The molecule has 154 valence electrons. The van der Waals surface area contributed by atoms with E-state index in [1.54, 1.807) is 17.1 Å².